The number of nitrogens with zero attached hydrogens (tertiary/aromatic N) is 2. The van der Waals surface area contributed by atoms with Crippen LogP contribution in [-0.2, 0) is 6.42 Å². The number of halogens is 2. The molecule has 0 saturated heterocycles. The molecule has 0 fully saturated rings. The number of likely N-dealkylation sites (N-methyl/N-ethyl adjacent to an activating group) is 1. The molecule has 5 heteroatoms. The van der Waals surface area contributed by atoms with Gasteiger partial charge in [-0.3, -0.25) is 9.78 Å². The van der Waals surface area contributed by atoms with E-state index in [2.05, 4.69) is 20.9 Å². The number of aromatic nitrogens is 1. The molecule has 1 heterocycles. The van der Waals surface area contributed by atoms with Crippen LogP contribution in [0.1, 0.15) is 22.8 Å². The summed E-state index contributed by atoms with van der Waals surface area (Å²) in [4.78, 5) is 18.1. The first-order chi connectivity index (χ1) is 10.1. The Kier molecular flexibility index (Phi) is 5.44. The molecule has 2 rings (SSSR count). The van der Waals surface area contributed by atoms with E-state index in [9.17, 15) is 9.18 Å². The molecular weight excluding hydrogens is 335 g/mol. The third-order valence-electron chi connectivity index (χ3n) is 3.20. The highest BCUT2D eigenvalue weighted by Gasteiger charge is 2.15. The first kappa shape index (κ1) is 15.6. The van der Waals surface area contributed by atoms with Gasteiger partial charge in [0.1, 0.15) is 5.82 Å². The van der Waals surface area contributed by atoms with Crippen LogP contribution in [-0.4, -0.2) is 28.9 Å². The van der Waals surface area contributed by atoms with Gasteiger partial charge in [-0.15, -0.1) is 0 Å². The third-order valence-corrected chi connectivity index (χ3v) is 3.66. The smallest absolute Gasteiger partial charge is 0.253 e. The number of carbonyl (C=O) groups excluding carboxylic acids is 1. The molecule has 0 spiro atoms. The molecule has 0 N–H and O–H groups in total. The summed E-state index contributed by atoms with van der Waals surface area (Å²) in [5, 5.41) is 0. The maximum Gasteiger partial charge on any atom is 0.253 e. The van der Waals surface area contributed by atoms with Crippen LogP contribution in [0.3, 0.4) is 0 Å². The first-order valence-corrected chi connectivity index (χ1v) is 7.53. The van der Waals surface area contributed by atoms with Crippen molar-refractivity contribution in [1.82, 2.24) is 9.88 Å². The molecule has 21 heavy (non-hydrogen) atoms. The molecular formula is C16H16BrFN2O. The fourth-order valence-corrected chi connectivity index (χ4v) is 2.54. The van der Waals surface area contributed by atoms with Crippen LogP contribution >= 0.6 is 15.9 Å². The number of amides is 1. The zero-order chi connectivity index (χ0) is 15.2. The first-order valence-electron chi connectivity index (χ1n) is 6.74. The van der Waals surface area contributed by atoms with Gasteiger partial charge in [0.15, 0.2) is 0 Å². The number of benzene rings is 1. The Morgan fingerprint density at radius 1 is 1.29 bits per heavy atom. The number of hydrogen-bond donors (Lipinski definition) is 0. The average molecular weight is 351 g/mol. The molecule has 0 bridgehead atoms. The summed E-state index contributed by atoms with van der Waals surface area (Å²) in [7, 11) is 0. The van der Waals surface area contributed by atoms with E-state index in [0.29, 0.717) is 23.1 Å². The van der Waals surface area contributed by atoms with E-state index in [1.807, 2.05) is 19.1 Å². The molecule has 1 amide bonds. The summed E-state index contributed by atoms with van der Waals surface area (Å²) in [5.74, 6) is -0.579. The van der Waals surface area contributed by atoms with E-state index < -0.39 is 5.82 Å². The van der Waals surface area contributed by atoms with E-state index in [-0.39, 0.29) is 5.91 Å². The Morgan fingerprint density at radius 2 is 2.00 bits per heavy atom. The van der Waals surface area contributed by atoms with Crippen LogP contribution in [0.25, 0.3) is 0 Å². The van der Waals surface area contributed by atoms with Crippen LogP contribution in [0, 0.1) is 5.82 Å². The largest absolute Gasteiger partial charge is 0.339 e. The number of rotatable bonds is 5. The van der Waals surface area contributed by atoms with Crippen LogP contribution in [0.2, 0.25) is 0 Å². The SMILES string of the molecule is CCN(CCc1ccncc1)C(=O)c1cc(F)cc(Br)c1. The number of carbonyl (C=O) groups is 1. The van der Waals surface area contributed by atoms with Crippen molar-refractivity contribution in [3.63, 3.8) is 0 Å². The molecule has 0 atom stereocenters. The molecule has 0 aliphatic heterocycles. The lowest BCUT2D eigenvalue weighted by molar-refractivity contribution is 0.0765. The fraction of sp³-hybridized carbons (Fsp3) is 0.250. The highest BCUT2D eigenvalue weighted by Crippen LogP contribution is 2.16. The van der Waals surface area contributed by atoms with E-state index in [1.165, 1.54) is 12.1 Å². The van der Waals surface area contributed by atoms with Crippen LogP contribution in [0.15, 0.2) is 47.2 Å². The van der Waals surface area contributed by atoms with Crippen molar-refractivity contribution in [3.8, 4) is 0 Å². The second-order valence-corrected chi connectivity index (χ2v) is 5.56. The number of hydrogen-bond acceptors (Lipinski definition) is 2. The number of pyridine rings is 1. The van der Waals surface area contributed by atoms with Gasteiger partial charge >= 0.3 is 0 Å². The van der Waals surface area contributed by atoms with Gasteiger partial charge in [0.25, 0.3) is 5.91 Å². The second-order valence-electron chi connectivity index (χ2n) is 4.65. The Bertz CT molecular complexity index is 599. The van der Waals surface area contributed by atoms with Crippen molar-refractivity contribution in [2.75, 3.05) is 13.1 Å². The van der Waals surface area contributed by atoms with Crippen molar-refractivity contribution in [3.05, 3.63) is 64.1 Å². The molecule has 1 aromatic carbocycles. The van der Waals surface area contributed by atoms with Crippen molar-refractivity contribution >= 4 is 21.8 Å². The maximum absolute atomic E-state index is 13.4. The minimum absolute atomic E-state index is 0.160. The topological polar surface area (TPSA) is 33.2 Å². The van der Waals surface area contributed by atoms with Crippen LogP contribution in [0.4, 0.5) is 4.39 Å². The molecule has 0 aliphatic carbocycles. The lowest BCUT2D eigenvalue weighted by Gasteiger charge is -2.21. The van der Waals surface area contributed by atoms with E-state index in [0.717, 1.165) is 12.0 Å². The minimum Gasteiger partial charge on any atom is -0.339 e. The summed E-state index contributed by atoms with van der Waals surface area (Å²) < 4.78 is 14.0. The van der Waals surface area contributed by atoms with E-state index in [4.69, 9.17) is 0 Å². The maximum atomic E-state index is 13.4. The lowest BCUT2D eigenvalue weighted by atomic mass is 10.1. The highest BCUT2D eigenvalue weighted by atomic mass is 79.9. The van der Waals surface area contributed by atoms with Crippen molar-refractivity contribution in [1.29, 1.82) is 0 Å². The predicted molar refractivity (Wildman–Crippen MR) is 83.6 cm³/mol. The molecule has 1 aromatic heterocycles. The van der Waals surface area contributed by atoms with Gasteiger partial charge in [0.2, 0.25) is 0 Å². The summed E-state index contributed by atoms with van der Waals surface area (Å²) in [6, 6.07) is 8.10. The molecule has 0 aliphatic rings. The Morgan fingerprint density at radius 3 is 2.62 bits per heavy atom. The third kappa shape index (κ3) is 4.36. The van der Waals surface area contributed by atoms with Crippen LogP contribution < -0.4 is 0 Å². The molecule has 0 radical (unpaired) electrons. The van der Waals surface area contributed by atoms with Crippen molar-refractivity contribution < 1.29 is 9.18 Å². The van der Waals surface area contributed by atoms with Gasteiger partial charge in [0, 0.05) is 35.5 Å². The fourth-order valence-electron chi connectivity index (χ4n) is 2.08. The Hall–Kier alpha value is -1.75. The normalized spacial score (nSPS) is 10.4. The van der Waals surface area contributed by atoms with Gasteiger partial charge < -0.3 is 4.90 Å². The molecule has 3 nitrogen and oxygen atoms in total. The van der Waals surface area contributed by atoms with Crippen LogP contribution in [0.5, 0.6) is 0 Å². The summed E-state index contributed by atoms with van der Waals surface area (Å²) in [5.41, 5.74) is 1.48. The van der Waals surface area contributed by atoms with Gasteiger partial charge in [-0.05, 0) is 49.2 Å². The standard InChI is InChI=1S/C16H16BrFN2O/c1-2-20(8-5-12-3-6-19-7-4-12)16(21)13-9-14(17)11-15(18)10-13/h3-4,6-7,9-11H,2,5,8H2,1H3. The lowest BCUT2D eigenvalue weighted by Crippen LogP contribution is -2.32. The molecule has 0 unspecified atom stereocenters. The van der Waals surface area contributed by atoms with E-state index in [1.54, 1.807) is 23.4 Å². The zero-order valence-electron chi connectivity index (χ0n) is 11.7. The van der Waals surface area contributed by atoms with Crippen molar-refractivity contribution in [2.24, 2.45) is 0 Å². The molecule has 110 valence electrons. The summed E-state index contributed by atoms with van der Waals surface area (Å²) in [6.07, 6.45) is 4.22. The monoisotopic (exact) mass is 350 g/mol. The van der Waals surface area contributed by atoms with Gasteiger partial charge in [0.05, 0.1) is 0 Å². The predicted octanol–water partition coefficient (Wildman–Crippen LogP) is 3.69. The van der Waals surface area contributed by atoms with Gasteiger partial charge in [-0.1, -0.05) is 15.9 Å². The molecule has 2 aromatic rings. The van der Waals surface area contributed by atoms with Crippen molar-refractivity contribution in [2.45, 2.75) is 13.3 Å². The molecule has 0 saturated carbocycles. The van der Waals surface area contributed by atoms with E-state index >= 15 is 0 Å². The van der Waals surface area contributed by atoms with Gasteiger partial charge in [-0.25, -0.2) is 4.39 Å². The summed E-state index contributed by atoms with van der Waals surface area (Å²) in [6.45, 7) is 3.09. The summed E-state index contributed by atoms with van der Waals surface area (Å²) >= 11 is 3.21. The average Bonchev–Trinajstić information content (AvgIpc) is 2.47. The zero-order valence-corrected chi connectivity index (χ0v) is 13.3. The highest BCUT2D eigenvalue weighted by molar-refractivity contribution is 9.10. The Balaban J connectivity index is 2.08. The quantitative estimate of drug-likeness (QED) is 0.823. The second kappa shape index (κ2) is 7.31. The van der Waals surface area contributed by atoms with Gasteiger partial charge in [-0.2, -0.15) is 0 Å². The Labute approximate surface area is 131 Å². The minimum atomic E-state index is -0.419.